The highest BCUT2D eigenvalue weighted by atomic mass is 16.3. The van der Waals surface area contributed by atoms with Gasteiger partial charge in [-0.05, 0) is 18.2 Å². The number of pyridine rings is 1. The zero-order chi connectivity index (χ0) is 9.54. The number of benzene rings is 1. The van der Waals surface area contributed by atoms with E-state index in [1.807, 2.05) is 18.2 Å². The van der Waals surface area contributed by atoms with E-state index in [0.29, 0.717) is 11.2 Å². The minimum absolute atomic E-state index is 0.181. The summed E-state index contributed by atoms with van der Waals surface area (Å²) in [5.74, 6) is 0.181. The van der Waals surface area contributed by atoms with Crippen LogP contribution in [0, 0.1) is 0 Å². The molecule has 0 spiro atoms. The van der Waals surface area contributed by atoms with Crippen LogP contribution in [-0.2, 0) is 0 Å². The Morgan fingerprint density at radius 3 is 3.00 bits per heavy atom. The summed E-state index contributed by atoms with van der Waals surface area (Å²) in [6.45, 7) is 0. The van der Waals surface area contributed by atoms with E-state index in [1.165, 1.54) is 0 Å². The number of rotatable bonds is 0. The van der Waals surface area contributed by atoms with Crippen LogP contribution in [0.1, 0.15) is 0 Å². The SMILES string of the molecule is Oc1cccc2cc3ccoc3nc12. The van der Waals surface area contributed by atoms with Crippen molar-refractivity contribution in [1.82, 2.24) is 4.98 Å². The van der Waals surface area contributed by atoms with Gasteiger partial charge in [0.2, 0.25) is 5.71 Å². The van der Waals surface area contributed by atoms with Crippen molar-refractivity contribution in [3.05, 3.63) is 36.6 Å². The summed E-state index contributed by atoms with van der Waals surface area (Å²) in [5, 5.41) is 11.4. The summed E-state index contributed by atoms with van der Waals surface area (Å²) < 4.78 is 5.16. The number of nitrogens with zero attached hydrogens (tertiary/aromatic N) is 1. The fourth-order valence-electron chi connectivity index (χ4n) is 1.57. The van der Waals surface area contributed by atoms with Gasteiger partial charge in [-0.15, -0.1) is 0 Å². The molecule has 0 bridgehead atoms. The number of aromatic hydroxyl groups is 1. The van der Waals surface area contributed by atoms with E-state index in [4.69, 9.17) is 4.42 Å². The Bertz CT molecular complexity index is 613. The number of phenols is 1. The zero-order valence-corrected chi connectivity index (χ0v) is 7.27. The Morgan fingerprint density at radius 2 is 2.07 bits per heavy atom. The largest absolute Gasteiger partial charge is 0.506 e. The number of para-hydroxylation sites is 1. The van der Waals surface area contributed by atoms with E-state index in [-0.39, 0.29) is 5.75 Å². The highest BCUT2D eigenvalue weighted by Crippen LogP contribution is 2.26. The van der Waals surface area contributed by atoms with Gasteiger partial charge in [0.25, 0.3) is 0 Å². The third-order valence-corrected chi connectivity index (χ3v) is 2.24. The molecule has 14 heavy (non-hydrogen) atoms. The number of aromatic nitrogens is 1. The second-order valence-corrected chi connectivity index (χ2v) is 3.15. The number of hydrogen-bond acceptors (Lipinski definition) is 3. The van der Waals surface area contributed by atoms with Crippen LogP contribution in [0.4, 0.5) is 0 Å². The molecule has 0 aliphatic carbocycles. The lowest BCUT2D eigenvalue weighted by molar-refractivity contribution is 0.480. The van der Waals surface area contributed by atoms with Gasteiger partial charge in [0, 0.05) is 10.8 Å². The van der Waals surface area contributed by atoms with Gasteiger partial charge in [-0.2, -0.15) is 0 Å². The third kappa shape index (κ3) is 0.893. The molecular formula is C11H7NO2. The highest BCUT2D eigenvalue weighted by Gasteiger charge is 2.04. The molecule has 2 aromatic heterocycles. The van der Waals surface area contributed by atoms with Gasteiger partial charge in [-0.3, -0.25) is 0 Å². The Morgan fingerprint density at radius 1 is 1.14 bits per heavy atom. The molecule has 68 valence electrons. The van der Waals surface area contributed by atoms with Crippen molar-refractivity contribution < 1.29 is 9.52 Å². The molecule has 3 nitrogen and oxygen atoms in total. The van der Waals surface area contributed by atoms with Gasteiger partial charge in [0.15, 0.2) is 0 Å². The maximum atomic E-state index is 9.56. The molecule has 0 saturated carbocycles. The average molecular weight is 185 g/mol. The molecule has 2 heterocycles. The van der Waals surface area contributed by atoms with Crippen LogP contribution >= 0.6 is 0 Å². The van der Waals surface area contributed by atoms with E-state index in [1.54, 1.807) is 18.4 Å². The molecule has 3 rings (SSSR count). The van der Waals surface area contributed by atoms with Gasteiger partial charge < -0.3 is 9.52 Å². The van der Waals surface area contributed by atoms with Gasteiger partial charge in [-0.1, -0.05) is 12.1 Å². The fourth-order valence-corrected chi connectivity index (χ4v) is 1.57. The molecule has 0 amide bonds. The molecule has 0 atom stereocenters. The standard InChI is InChI=1S/C11H7NO2/c13-9-3-1-2-7-6-8-4-5-14-11(8)12-10(7)9/h1-6,13H. The van der Waals surface area contributed by atoms with E-state index < -0.39 is 0 Å². The molecule has 3 heteroatoms. The minimum atomic E-state index is 0.181. The molecule has 1 aromatic carbocycles. The Hall–Kier alpha value is -2.03. The number of phenolic OH excluding ortho intramolecular Hbond substituents is 1. The predicted octanol–water partition coefficient (Wildman–Crippen LogP) is 2.69. The Balaban J connectivity index is 2.57. The van der Waals surface area contributed by atoms with Crippen molar-refractivity contribution in [3.8, 4) is 5.75 Å². The quantitative estimate of drug-likeness (QED) is 0.585. The second-order valence-electron chi connectivity index (χ2n) is 3.15. The van der Waals surface area contributed by atoms with Crippen LogP contribution in [-0.4, -0.2) is 10.1 Å². The molecule has 0 aliphatic rings. The predicted molar refractivity (Wildman–Crippen MR) is 53.2 cm³/mol. The van der Waals surface area contributed by atoms with Crippen LogP contribution in [0.15, 0.2) is 41.0 Å². The van der Waals surface area contributed by atoms with Crippen LogP contribution in [0.3, 0.4) is 0 Å². The molecule has 1 N–H and O–H groups in total. The van der Waals surface area contributed by atoms with Crippen LogP contribution in [0.2, 0.25) is 0 Å². The average Bonchev–Trinajstić information content (AvgIpc) is 2.62. The molecule has 0 fully saturated rings. The first kappa shape index (κ1) is 7.38. The Kier molecular flexibility index (Phi) is 1.31. The van der Waals surface area contributed by atoms with E-state index in [2.05, 4.69) is 4.98 Å². The van der Waals surface area contributed by atoms with Crippen molar-refractivity contribution in [1.29, 1.82) is 0 Å². The third-order valence-electron chi connectivity index (χ3n) is 2.24. The van der Waals surface area contributed by atoms with E-state index >= 15 is 0 Å². The van der Waals surface area contributed by atoms with Gasteiger partial charge >= 0.3 is 0 Å². The van der Waals surface area contributed by atoms with Gasteiger partial charge in [0.1, 0.15) is 11.3 Å². The smallest absolute Gasteiger partial charge is 0.226 e. The van der Waals surface area contributed by atoms with Crippen LogP contribution < -0.4 is 0 Å². The summed E-state index contributed by atoms with van der Waals surface area (Å²) >= 11 is 0. The molecule has 0 radical (unpaired) electrons. The molecule has 0 unspecified atom stereocenters. The van der Waals surface area contributed by atoms with Gasteiger partial charge in [0.05, 0.1) is 6.26 Å². The number of hydrogen-bond donors (Lipinski definition) is 1. The molecule has 0 saturated heterocycles. The summed E-state index contributed by atoms with van der Waals surface area (Å²) in [6.07, 6.45) is 1.59. The Labute approximate surface area is 79.6 Å². The van der Waals surface area contributed by atoms with Crippen molar-refractivity contribution in [2.45, 2.75) is 0 Å². The van der Waals surface area contributed by atoms with Crippen molar-refractivity contribution in [2.75, 3.05) is 0 Å². The number of furan rings is 1. The van der Waals surface area contributed by atoms with E-state index in [0.717, 1.165) is 10.8 Å². The molecular weight excluding hydrogens is 178 g/mol. The normalized spacial score (nSPS) is 11.1. The van der Waals surface area contributed by atoms with Crippen LogP contribution in [0.25, 0.3) is 22.0 Å². The molecule has 0 aliphatic heterocycles. The number of fused-ring (bicyclic) bond motifs is 2. The topological polar surface area (TPSA) is 46.3 Å². The van der Waals surface area contributed by atoms with E-state index in [9.17, 15) is 5.11 Å². The fraction of sp³-hybridized carbons (Fsp3) is 0. The summed E-state index contributed by atoms with van der Waals surface area (Å²) in [6, 6.07) is 9.12. The lowest BCUT2D eigenvalue weighted by Crippen LogP contribution is -1.79. The minimum Gasteiger partial charge on any atom is -0.506 e. The lowest BCUT2D eigenvalue weighted by Gasteiger charge is -1.98. The van der Waals surface area contributed by atoms with Crippen LogP contribution in [0.5, 0.6) is 5.75 Å². The summed E-state index contributed by atoms with van der Waals surface area (Å²) in [5.41, 5.74) is 1.13. The van der Waals surface area contributed by atoms with Gasteiger partial charge in [-0.25, -0.2) is 4.98 Å². The zero-order valence-electron chi connectivity index (χ0n) is 7.27. The highest BCUT2D eigenvalue weighted by molar-refractivity contribution is 5.93. The van der Waals surface area contributed by atoms with Crippen molar-refractivity contribution >= 4 is 22.0 Å². The second kappa shape index (κ2) is 2.48. The maximum Gasteiger partial charge on any atom is 0.226 e. The van der Waals surface area contributed by atoms with Crippen molar-refractivity contribution in [3.63, 3.8) is 0 Å². The first-order valence-corrected chi connectivity index (χ1v) is 4.30. The lowest BCUT2D eigenvalue weighted by atomic mass is 10.2. The summed E-state index contributed by atoms with van der Waals surface area (Å²) in [4.78, 5) is 4.22. The van der Waals surface area contributed by atoms with Crippen molar-refractivity contribution in [2.24, 2.45) is 0 Å². The maximum absolute atomic E-state index is 9.56. The summed E-state index contributed by atoms with van der Waals surface area (Å²) in [7, 11) is 0. The monoisotopic (exact) mass is 185 g/mol. The molecule has 3 aromatic rings. The first-order valence-electron chi connectivity index (χ1n) is 4.30. The first-order chi connectivity index (χ1) is 6.84.